The molecule has 0 radical (unpaired) electrons. The predicted molar refractivity (Wildman–Crippen MR) is 136 cm³/mol. The van der Waals surface area contributed by atoms with Gasteiger partial charge in [-0.2, -0.15) is 0 Å². The average Bonchev–Trinajstić information content (AvgIpc) is 2.79. The molecule has 1 atom stereocenters. The monoisotopic (exact) mass is 539 g/mol. The van der Waals surface area contributed by atoms with Crippen molar-refractivity contribution >= 4 is 35.5 Å². The molecule has 0 heterocycles. The van der Waals surface area contributed by atoms with Crippen molar-refractivity contribution in [1.82, 2.24) is 4.72 Å². The topological polar surface area (TPSA) is 72.5 Å². The fourth-order valence-corrected chi connectivity index (χ4v) is 6.35. The van der Waals surface area contributed by atoms with Crippen LogP contribution in [0.2, 0.25) is 5.32 Å². The number of hydrogen-bond acceptors (Lipinski definition) is 4. The van der Waals surface area contributed by atoms with Gasteiger partial charge in [0.25, 0.3) is 0 Å². The van der Waals surface area contributed by atoms with Crippen LogP contribution in [0.15, 0.2) is 59.5 Å². The summed E-state index contributed by atoms with van der Waals surface area (Å²) in [6, 6.07) is 16.5. The van der Waals surface area contributed by atoms with Crippen LogP contribution in [-0.4, -0.2) is 35.6 Å². The zero-order valence-electron chi connectivity index (χ0n) is 19.8. The predicted octanol–water partition coefficient (Wildman–Crippen LogP) is 5.76. The zero-order chi connectivity index (χ0) is 23.9. The Hall–Kier alpha value is -1.82. The summed E-state index contributed by atoms with van der Waals surface area (Å²) in [6.45, 7) is 4.10. The van der Waals surface area contributed by atoms with Crippen LogP contribution in [0.25, 0.3) is 0 Å². The zero-order valence-corrected chi connectivity index (χ0v) is 22.3. The molecule has 1 unspecified atom stereocenters. The number of rotatable bonds is 15. The molecule has 182 valence electrons. The third kappa shape index (κ3) is 11.2. The Morgan fingerprint density at radius 3 is 2.15 bits per heavy atom. The van der Waals surface area contributed by atoms with Crippen LogP contribution in [0.3, 0.4) is 0 Å². The molecule has 0 saturated carbocycles. The molecule has 0 aliphatic heterocycles. The number of carbonyl (C=O) groups is 1. The van der Waals surface area contributed by atoms with Gasteiger partial charge in [0.15, 0.2) is 0 Å². The molecule has 0 aromatic heterocycles. The van der Waals surface area contributed by atoms with Crippen LogP contribution in [0.4, 0.5) is 4.79 Å². The fourth-order valence-electron chi connectivity index (χ4n) is 3.45. The van der Waals surface area contributed by atoms with Gasteiger partial charge in [-0.05, 0) is 0 Å². The van der Waals surface area contributed by atoms with E-state index in [1.165, 1.54) is 55.1 Å². The minimum absolute atomic E-state index is 0.0539. The number of nitrogens with one attached hydrogen (secondary N) is 1. The van der Waals surface area contributed by atoms with Crippen molar-refractivity contribution < 1.29 is 17.9 Å². The Bertz CT molecular complexity index is 917. The quantitative estimate of drug-likeness (QED) is 0.231. The second kappa shape index (κ2) is 15.2. The number of benzene rings is 2. The number of hydrogen-bond donors (Lipinski definition) is 1. The van der Waals surface area contributed by atoms with E-state index < -0.39 is 16.1 Å². The molecule has 0 aliphatic carbocycles. The summed E-state index contributed by atoms with van der Waals surface area (Å²) in [7, 11) is -3.95. The van der Waals surface area contributed by atoms with Gasteiger partial charge < -0.3 is 0 Å². The number of sulfonamides is 1. The Kier molecular flexibility index (Phi) is 12.6. The van der Waals surface area contributed by atoms with Gasteiger partial charge in [-0.15, -0.1) is 0 Å². The molecule has 2 aromatic rings. The van der Waals surface area contributed by atoms with Crippen molar-refractivity contribution in [3.8, 4) is 0 Å². The standard InChI is InChI=1S/C26H37NO4SSe/c1-3-4-5-6-7-8-9-11-14-23(21-33-25-15-12-10-13-16-25)31-26(28)27-32(29,30)24-19-17-22(2)18-20-24/h10,12-13,15-20,23H,3-9,11,14,21H2,1-2H3,(H,27,28). The molecule has 2 aromatic carbocycles. The van der Waals surface area contributed by atoms with Gasteiger partial charge in [0, 0.05) is 0 Å². The van der Waals surface area contributed by atoms with Gasteiger partial charge >= 0.3 is 206 Å². The van der Waals surface area contributed by atoms with E-state index in [9.17, 15) is 13.2 Å². The van der Waals surface area contributed by atoms with Crippen molar-refractivity contribution in [1.29, 1.82) is 0 Å². The van der Waals surface area contributed by atoms with Gasteiger partial charge in [0.05, 0.1) is 0 Å². The number of carbonyl (C=O) groups excluding carboxylic acids is 1. The first kappa shape index (κ1) is 27.4. The molecule has 0 aliphatic rings. The Labute approximate surface area is 205 Å². The van der Waals surface area contributed by atoms with Gasteiger partial charge in [0.1, 0.15) is 0 Å². The summed E-state index contributed by atoms with van der Waals surface area (Å²) in [4.78, 5) is 12.5. The van der Waals surface area contributed by atoms with Crippen molar-refractivity contribution in [3.05, 3.63) is 60.2 Å². The van der Waals surface area contributed by atoms with Gasteiger partial charge in [0.2, 0.25) is 0 Å². The van der Waals surface area contributed by atoms with Gasteiger partial charge in [-0.1, -0.05) is 0 Å². The second-order valence-electron chi connectivity index (χ2n) is 8.33. The molecule has 0 spiro atoms. The van der Waals surface area contributed by atoms with E-state index >= 15 is 0 Å². The SMILES string of the molecule is CCCCCCCCCCC(C[Se]c1ccccc1)OC(=O)NS(=O)(=O)c1ccc(C)cc1. The van der Waals surface area contributed by atoms with E-state index in [0.717, 1.165) is 30.1 Å². The van der Waals surface area contributed by atoms with Crippen molar-refractivity contribution in [2.45, 2.75) is 88.0 Å². The molecular formula is C26H37NO4SSe. The first-order valence-electron chi connectivity index (χ1n) is 11.9. The summed E-state index contributed by atoms with van der Waals surface area (Å²) in [5, 5.41) is 0.728. The van der Waals surface area contributed by atoms with Crippen LogP contribution >= 0.6 is 0 Å². The van der Waals surface area contributed by atoms with E-state index in [-0.39, 0.29) is 26.0 Å². The van der Waals surface area contributed by atoms with Crippen LogP contribution in [0.1, 0.15) is 70.3 Å². The average molecular weight is 539 g/mol. The molecule has 1 N–H and O–H groups in total. The first-order valence-corrected chi connectivity index (χ1v) is 15.4. The van der Waals surface area contributed by atoms with E-state index in [4.69, 9.17) is 4.74 Å². The second-order valence-corrected chi connectivity index (χ2v) is 12.3. The molecule has 1 amide bonds. The number of amides is 1. The number of unbranched alkanes of at least 4 members (excludes halogenated alkanes) is 7. The maximum absolute atomic E-state index is 12.5. The van der Waals surface area contributed by atoms with Crippen LogP contribution < -0.4 is 9.18 Å². The maximum atomic E-state index is 12.5. The molecule has 5 nitrogen and oxygen atoms in total. The molecule has 2 rings (SSSR count). The third-order valence-corrected chi connectivity index (χ3v) is 9.11. The molecule has 0 saturated heterocycles. The van der Waals surface area contributed by atoms with Gasteiger partial charge in [-0.25, -0.2) is 0 Å². The summed E-state index contributed by atoms with van der Waals surface area (Å²) in [5.41, 5.74) is 0.949. The van der Waals surface area contributed by atoms with Crippen LogP contribution in [-0.2, 0) is 14.8 Å². The molecule has 33 heavy (non-hydrogen) atoms. The van der Waals surface area contributed by atoms with Crippen molar-refractivity contribution in [3.63, 3.8) is 0 Å². The number of aryl methyl sites for hydroxylation is 1. The molecular weight excluding hydrogens is 501 g/mol. The van der Waals surface area contributed by atoms with Crippen LogP contribution in [0, 0.1) is 6.92 Å². The van der Waals surface area contributed by atoms with Gasteiger partial charge in [-0.3, -0.25) is 0 Å². The first-order chi connectivity index (χ1) is 15.9. The fraction of sp³-hybridized carbons (Fsp3) is 0.500. The Morgan fingerprint density at radius 2 is 1.52 bits per heavy atom. The summed E-state index contributed by atoms with van der Waals surface area (Å²) in [5.74, 6) is 0. The molecule has 0 bridgehead atoms. The van der Waals surface area contributed by atoms with E-state index in [1.807, 2.05) is 25.1 Å². The minimum atomic E-state index is -3.95. The Morgan fingerprint density at radius 1 is 0.909 bits per heavy atom. The van der Waals surface area contributed by atoms with E-state index in [1.54, 1.807) is 12.1 Å². The van der Waals surface area contributed by atoms with E-state index in [2.05, 4.69) is 23.8 Å². The summed E-state index contributed by atoms with van der Waals surface area (Å²) in [6.07, 6.45) is 9.21. The van der Waals surface area contributed by atoms with E-state index in [0.29, 0.717) is 0 Å². The normalized spacial score (nSPS) is 12.3. The van der Waals surface area contributed by atoms with Crippen molar-refractivity contribution in [2.24, 2.45) is 0 Å². The Balaban J connectivity index is 1.87. The van der Waals surface area contributed by atoms with Crippen molar-refractivity contribution in [2.75, 3.05) is 0 Å². The summed E-state index contributed by atoms with van der Waals surface area (Å²) >= 11 is 0.155. The summed E-state index contributed by atoms with van der Waals surface area (Å²) < 4.78 is 33.9. The molecule has 7 heteroatoms. The van der Waals surface area contributed by atoms with Crippen LogP contribution in [0.5, 0.6) is 0 Å². The third-order valence-electron chi connectivity index (χ3n) is 5.38. The number of ether oxygens (including phenoxy) is 1. The molecule has 0 fully saturated rings.